The predicted octanol–water partition coefficient (Wildman–Crippen LogP) is 0.817. The van der Waals surface area contributed by atoms with Crippen LogP contribution in [0.25, 0.3) is 0 Å². The van der Waals surface area contributed by atoms with E-state index in [0.717, 1.165) is 19.3 Å². The number of aliphatic hydroxyl groups is 1. The van der Waals surface area contributed by atoms with Crippen LogP contribution in [-0.4, -0.2) is 42.2 Å². The van der Waals surface area contributed by atoms with Crippen molar-refractivity contribution in [1.82, 2.24) is 0 Å². The fraction of sp³-hybridized carbons (Fsp3) is 0.917. The average Bonchev–Trinajstić information content (AvgIpc) is 2.45. The first kappa shape index (κ1) is 13.8. The van der Waals surface area contributed by atoms with Crippen molar-refractivity contribution in [3.63, 3.8) is 0 Å². The number of aliphatic carboxylic acids is 1. The van der Waals surface area contributed by atoms with E-state index in [4.69, 9.17) is 0 Å². The third-order valence-corrected chi connectivity index (χ3v) is 6.23. The lowest BCUT2D eigenvalue weighted by molar-refractivity contribution is -0.154. The molecule has 0 amide bonds. The van der Waals surface area contributed by atoms with Crippen LogP contribution < -0.4 is 0 Å². The highest BCUT2D eigenvalue weighted by Crippen LogP contribution is 2.45. The highest BCUT2D eigenvalue weighted by Gasteiger charge is 2.55. The van der Waals surface area contributed by atoms with Gasteiger partial charge in [0, 0.05) is 5.92 Å². The van der Waals surface area contributed by atoms with Gasteiger partial charge in [0.05, 0.1) is 23.0 Å². The molecule has 1 aliphatic carbocycles. The van der Waals surface area contributed by atoms with Crippen molar-refractivity contribution in [2.45, 2.75) is 44.6 Å². The average molecular weight is 276 g/mol. The predicted molar refractivity (Wildman–Crippen MR) is 65.9 cm³/mol. The standard InChI is InChI=1S/C12H20O5S/c13-10-5-3-1-2-4-9(10)12(11(14)15)6-7-18(16,17)8-12/h9-10,13H,1-8H2,(H,14,15). The summed E-state index contributed by atoms with van der Waals surface area (Å²) in [7, 11) is -3.28. The minimum atomic E-state index is -3.28. The topological polar surface area (TPSA) is 91.7 Å². The molecule has 0 aromatic rings. The molecule has 6 heteroatoms. The van der Waals surface area contributed by atoms with Gasteiger partial charge < -0.3 is 10.2 Å². The number of carboxylic acid groups (broad SMARTS) is 1. The summed E-state index contributed by atoms with van der Waals surface area (Å²) < 4.78 is 23.3. The number of sulfone groups is 1. The van der Waals surface area contributed by atoms with Crippen LogP contribution in [0.4, 0.5) is 0 Å². The van der Waals surface area contributed by atoms with Gasteiger partial charge in [-0.1, -0.05) is 19.3 Å². The maximum atomic E-state index is 11.6. The van der Waals surface area contributed by atoms with Gasteiger partial charge in [0.25, 0.3) is 0 Å². The number of hydrogen-bond donors (Lipinski definition) is 2. The molecule has 0 spiro atoms. The molecule has 1 heterocycles. The first-order valence-electron chi connectivity index (χ1n) is 6.49. The van der Waals surface area contributed by atoms with Crippen LogP contribution in [0.1, 0.15) is 38.5 Å². The zero-order valence-electron chi connectivity index (χ0n) is 10.3. The number of carbonyl (C=O) groups is 1. The third kappa shape index (κ3) is 2.40. The Kier molecular flexibility index (Phi) is 3.69. The van der Waals surface area contributed by atoms with Crippen LogP contribution in [0.2, 0.25) is 0 Å². The fourth-order valence-electron chi connectivity index (χ4n) is 3.43. The Hall–Kier alpha value is -0.620. The quantitative estimate of drug-likeness (QED) is 0.728. The van der Waals surface area contributed by atoms with Gasteiger partial charge in [0.15, 0.2) is 9.84 Å². The van der Waals surface area contributed by atoms with Crippen LogP contribution >= 0.6 is 0 Å². The molecule has 0 bridgehead atoms. The zero-order chi connectivity index (χ0) is 13.4. The Balaban J connectivity index is 2.33. The van der Waals surface area contributed by atoms with Crippen molar-refractivity contribution in [1.29, 1.82) is 0 Å². The summed E-state index contributed by atoms with van der Waals surface area (Å²) in [5, 5.41) is 19.6. The summed E-state index contributed by atoms with van der Waals surface area (Å²) in [5.74, 6) is -1.86. The molecule has 0 radical (unpaired) electrons. The second-order valence-electron chi connectivity index (χ2n) is 5.62. The van der Waals surface area contributed by atoms with Gasteiger partial charge in [0.2, 0.25) is 0 Å². The van der Waals surface area contributed by atoms with Gasteiger partial charge in [-0.3, -0.25) is 4.79 Å². The molecule has 3 unspecified atom stereocenters. The first-order valence-corrected chi connectivity index (χ1v) is 8.31. The van der Waals surface area contributed by atoms with E-state index in [9.17, 15) is 23.4 Å². The number of carboxylic acids is 1. The zero-order valence-corrected chi connectivity index (χ0v) is 11.2. The van der Waals surface area contributed by atoms with Crippen molar-refractivity contribution >= 4 is 15.8 Å². The van der Waals surface area contributed by atoms with Crippen LogP contribution in [0.15, 0.2) is 0 Å². The molecule has 2 fully saturated rings. The highest BCUT2D eigenvalue weighted by molar-refractivity contribution is 7.91. The van der Waals surface area contributed by atoms with Gasteiger partial charge in [-0.05, 0) is 19.3 Å². The molecular formula is C12H20O5S. The lowest BCUT2D eigenvalue weighted by Crippen LogP contribution is -2.45. The fourth-order valence-corrected chi connectivity index (χ4v) is 5.51. The van der Waals surface area contributed by atoms with Gasteiger partial charge in [-0.2, -0.15) is 0 Å². The van der Waals surface area contributed by atoms with Gasteiger partial charge in [-0.15, -0.1) is 0 Å². The van der Waals surface area contributed by atoms with Crippen molar-refractivity contribution in [3.05, 3.63) is 0 Å². The first-order chi connectivity index (χ1) is 8.37. The molecule has 1 aliphatic heterocycles. The van der Waals surface area contributed by atoms with Crippen LogP contribution in [0.5, 0.6) is 0 Å². The van der Waals surface area contributed by atoms with E-state index >= 15 is 0 Å². The largest absolute Gasteiger partial charge is 0.481 e. The Morgan fingerprint density at radius 3 is 2.39 bits per heavy atom. The smallest absolute Gasteiger partial charge is 0.311 e. The molecule has 18 heavy (non-hydrogen) atoms. The van der Waals surface area contributed by atoms with E-state index in [1.807, 2.05) is 0 Å². The lowest BCUT2D eigenvalue weighted by atomic mass is 9.70. The molecule has 0 aromatic heterocycles. The van der Waals surface area contributed by atoms with Crippen molar-refractivity contribution in [3.8, 4) is 0 Å². The van der Waals surface area contributed by atoms with Crippen LogP contribution in [0, 0.1) is 11.3 Å². The second-order valence-corrected chi connectivity index (χ2v) is 7.80. The molecule has 2 N–H and O–H groups in total. The molecule has 2 rings (SSSR count). The molecule has 1 saturated carbocycles. The number of aliphatic hydroxyl groups excluding tert-OH is 1. The van der Waals surface area contributed by atoms with E-state index in [0.29, 0.717) is 12.8 Å². The molecular weight excluding hydrogens is 256 g/mol. The summed E-state index contributed by atoms with van der Waals surface area (Å²) >= 11 is 0. The van der Waals surface area contributed by atoms with Gasteiger partial charge in [-0.25, -0.2) is 8.42 Å². The monoisotopic (exact) mass is 276 g/mol. The molecule has 5 nitrogen and oxygen atoms in total. The summed E-state index contributed by atoms with van der Waals surface area (Å²) in [6, 6.07) is 0. The highest BCUT2D eigenvalue weighted by atomic mass is 32.2. The molecule has 0 aromatic carbocycles. The Morgan fingerprint density at radius 2 is 1.83 bits per heavy atom. The molecule has 2 aliphatic rings. The van der Waals surface area contributed by atoms with E-state index in [1.54, 1.807) is 0 Å². The Labute approximate surface area is 107 Å². The summed E-state index contributed by atoms with van der Waals surface area (Å²) in [5.41, 5.74) is -1.26. The normalized spacial score (nSPS) is 40.3. The minimum Gasteiger partial charge on any atom is -0.481 e. The van der Waals surface area contributed by atoms with Crippen molar-refractivity contribution in [2.75, 3.05) is 11.5 Å². The van der Waals surface area contributed by atoms with E-state index < -0.39 is 33.2 Å². The Morgan fingerprint density at radius 1 is 1.17 bits per heavy atom. The summed E-state index contributed by atoms with van der Waals surface area (Å²) in [6.07, 6.45) is 3.40. The van der Waals surface area contributed by atoms with Gasteiger partial charge >= 0.3 is 5.97 Å². The lowest BCUT2D eigenvalue weighted by Gasteiger charge is -2.35. The maximum absolute atomic E-state index is 11.6. The third-order valence-electron chi connectivity index (χ3n) is 4.45. The van der Waals surface area contributed by atoms with Gasteiger partial charge in [0.1, 0.15) is 0 Å². The summed E-state index contributed by atoms with van der Waals surface area (Å²) in [6.45, 7) is 0. The van der Waals surface area contributed by atoms with Crippen LogP contribution in [0.3, 0.4) is 0 Å². The van der Waals surface area contributed by atoms with Crippen LogP contribution in [-0.2, 0) is 14.6 Å². The molecule has 1 saturated heterocycles. The number of rotatable bonds is 2. The Bertz CT molecular complexity index is 430. The molecule has 104 valence electrons. The van der Waals surface area contributed by atoms with E-state index in [2.05, 4.69) is 0 Å². The number of hydrogen-bond acceptors (Lipinski definition) is 4. The second kappa shape index (κ2) is 4.81. The minimum absolute atomic E-state index is 0.0669. The molecule has 3 atom stereocenters. The van der Waals surface area contributed by atoms with E-state index in [-0.39, 0.29) is 17.9 Å². The van der Waals surface area contributed by atoms with E-state index in [1.165, 1.54) is 0 Å². The van der Waals surface area contributed by atoms with Crippen molar-refractivity contribution < 1.29 is 23.4 Å². The van der Waals surface area contributed by atoms with Crippen molar-refractivity contribution in [2.24, 2.45) is 11.3 Å². The SMILES string of the molecule is O=C(O)C1(C2CCCCCC2O)CCS(=O)(=O)C1. The maximum Gasteiger partial charge on any atom is 0.311 e. The summed E-state index contributed by atoms with van der Waals surface area (Å²) in [4.78, 5) is 11.6.